The minimum Gasteiger partial charge on any atom is -0.379 e. The Kier molecular flexibility index (Phi) is 6.10. The molecule has 0 unspecified atom stereocenters. The van der Waals surface area contributed by atoms with Gasteiger partial charge in [-0.1, -0.05) is 30.3 Å². The Labute approximate surface area is 145 Å². The lowest BCUT2D eigenvalue weighted by molar-refractivity contribution is 0.0389. The van der Waals surface area contributed by atoms with Crippen LogP contribution in [0.1, 0.15) is 25.3 Å². The molecular weight excluding hydrogens is 300 g/mol. The van der Waals surface area contributed by atoms with E-state index in [1.54, 1.807) is 0 Å². The van der Waals surface area contributed by atoms with Crippen molar-refractivity contribution < 1.29 is 4.74 Å². The number of hydrogen-bond donors (Lipinski definition) is 2. The molecule has 1 aromatic rings. The third-order valence-corrected chi connectivity index (χ3v) is 4.95. The zero-order valence-electron chi connectivity index (χ0n) is 14.8. The molecule has 1 aromatic carbocycles. The maximum absolute atomic E-state index is 5.39. The van der Waals surface area contributed by atoms with Crippen molar-refractivity contribution in [2.45, 2.75) is 25.2 Å². The van der Waals surface area contributed by atoms with Gasteiger partial charge in [0.1, 0.15) is 0 Å². The van der Waals surface area contributed by atoms with Crippen molar-refractivity contribution >= 4 is 5.96 Å². The average molecular weight is 330 g/mol. The van der Waals surface area contributed by atoms with Gasteiger partial charge in [0.15, 0.2) is 5.96 Å². The second kappa shape index (κ2) is 8.49. The number of aliphatic imine (C=N–C) groups is 1. The number of rotatable bonds is 7. The van der Waals surface area contributed by atoms with Crippen LogP contribution in [0.15, 0.2) is 35.3 Å². The predicted octanol–water partition coefficient (Wildman–Crippen LogP) is 1.61. The summed E-state index contributed by atoms with van der Waals surface area (Å²) in [6.45, 7) is 9.61. The Morgan fingerprint density at radius 1 is 1.17 bits per heavy atom. The van der Waals surface area contributed by atoms with Gasteiger partial charge in [0.2, 0.25) is 0 Å². The molecule has 5 nitrogen and oxygen atoms in total. The first kappa shape index (κ1) is 17.2. The molecule has 2 N–H and O–H groups in total. The van der Waals surface area contributed by atoms with Gasteiger partial charge >= 0.3 is 0 Å². The number of morpholine rings is 1. The van der Waals surface area contributed by atoms with Gasteiger partial charge in [0, 0.05) is 38.1 Å². The number of nitrogens with zero attached hydrogens (tertiary/aromatic N) is 2. The molecule has 0 radical (unpaired) electrons. The van der Waals surface area contributed by atoms with Crippen molar-refractivity contribution in [1.29, 1.82) is 0 Å². The van der Waals surface area contributed by atoms with Crippen LogP contribution in [-0.4, -0.2) is 63.3 Å². The summed E-state index contributed by atoms with van der Waals surface area (Å²) in [6.07, 6.45) is 2.49. The molecule has 24 heavy (non-hydrogen) atoms. The summed E-state index contributed by atoms with van der Waals surface area (Å²) in [4.78, 5) is 7.29. The van der Waals surface area contributed by atoms with E-state index in [1.165, 1.54) is 18.4 Å². The molecule has 2 fully saturated rings. The fourth-order valence-corrected chi connectivity index (χ4v) is 3.21. The quantitative estimate of drug-likeness (QED) is 0.589. The molecule has 0 bridgehead atoms. The summed E-state index contributed by atoms with van der Waals surface area (Å²) in [5, 5.41) is 6.84. The van der Waals surface area contributed by atoms with E-state index in [2.05, 4.69) is 52.8 Å². The van der Waals surface area contributed by atoms with E-state index in [9.17, 15) is 0 Å². The fourth-order valence-electron chi connectivity index (χ4n) is 3.21. The van der Waals surface area contributed by atoms with Crippen LogP contribution in [0.2, 0.25) is 0 Å². The Hall–Kier alpha value is -1.59. The van der Waals surface area contributed by atoms with Gasteiger partial charge in [0.05, 0.1) is 19.8 Å². The van der Waals surface area contributed by atoms with Crippen molar-refractivity contribution in [2.75, 3.05) is 52.5 Å². The molecule has 132 valence electrons. The lowest BCUT2D eigenvalue weighted by Crippen LogP contribution is -2.44. The predicted molar refractivity (Wildman–Crippen MR) is 98.6 cm³/mol. The third kappa shape index (κ3) is 4.71. The van der Waals surface area contributed by atoms with E-state index in [4.69, 9.17) is 9.73 Å². The smallest absolute Gasteiger partial charge is 0.191 e. The normalized spacial score (nSPS) is 20.6. The number of ether oxygens (including phenoxy) is 1. The van der Waals surface area contributed by atoms with Gasteiger partial charge in [-0.2, -0.15) is 0 Å². The molecular formula is C19H30N4O. The highest BCUT2D eigenvalue weighted by molar-refractivity contribution is 5.79. The number of hydrogen-bond acceptors (Lipinski definition) is 3. The monoisotopic (exact) mass is 330 g/mol. The molecule has 0 spiro atoms. The van der Waals surface area contributed by atoms with Gasteiger partial charge < -0.3 is 15.4 Å². The van der Waals surface area contributed by atoms with Gasteiger partial charge in [0.25, 0.3) is 0 Å². The summed E-state index contributed by atoms with van der Waals surface area (Å²) in [7, 11) is 0. The summed E-state index contributed by atoms with van der Waals surface area (Å²) < 4.78 is 5.39. The van der Waals surface area contributed by atoms with E-state index in [0.29, 0.717) is 0 Å². The second-order valence-corrected chi connectivity index (χ2v) is 6.72. The molecule has 0 atom stereocenters. The van der Waals surface area contributed by atoms with Gasteiger partial charge in [-0.05, 0) is 25.3 Å². The summed E-state index contributed by atoms with van der Waals surface area (Å²) in [5.41, 5.74) is 1.70. The molecule has 1 aliphatic heterocycles. The minimum atomic E-state index is 0.272. The molecule has 1 aliphatic carbocycles. The Bertz CT molecular complexity index is 521. The van der Waals surface area contributed by atoms with Crippen LogP contribution in [0.4, 0.5) is 0 Å². The summed E-state index contributed by atoms with van der Waals surface area (Å²) in [5.74, 6) is 0.938. The number of benzene rings is 1. The first-order valence-electron chi connectivity index (χ1n) is 9.20. The highest BCUT2D eigenvalue weighted by Crippen LogP contribution is 2.48. The van der Waals surface area contributed by atoms with E-state index < -0.39 is 0 Å². The number of guanidine groups is 1. The van der Waals surface area contributed by atoms with Crippen LogP contribution in [0.5, 0.6) is 0 Å². The van der Waals surface area contributed by atoms with Gasteiger partial charge in [-0.25, -0.2) is 0 Å². The maximum Gasteiger partial charge on any atom is 0.191 e. The topological polar surface area (TPSA) is 48.9 Å². The molecule has 1 heterocycles. The third-order valence-electron chi connectivity index (χ3n) is 4.95. The summed E-state index contributed by atoms with van der Waals surface area (Å²) in [6, 6.07) is 10.8. The van der Waals surface area contributed by atoms with E-state index in [0.717, 1.165) is 58.4 Å². The van der Waals surface area contributed by atoms with E-state index in [-0.39, 0.29) is 5.41 Å². The average Bonchev–Trinajstić information content (AvgIpc) is 3.43. The highest BCUT2D eigenvalue weighted by atomic mass is 16.5. The van der Waals surface area contributed by atoms with E-state index >= 15 is 0 Å². The van der Waals surface area contributed by atoms with Crippen LogP contribution in [-0.2, 0) is 10.2 Å². The van der Waals surface area contributed by atoms with Crippen LogP contribution < -0.4 is 10.6 Å². The SMILES string of the molecule is CCNC(=NCC1(c2ccccc2)CC1)NCCN1CCOCC1. The Balaban J connectivity index is 1.50. The van der Waals surface area contributed by atoms with Crippen molar-refractivity contribution in [1.82, 2.24) is 15.5 Å². The maximum atomic E-state index is 5.39. The molecule has 0 amide bonds. The van der Waals surface area contributed by atoms with Crippen molar-refractivity contribution in [3.8, 4) is 0 Å². The van der Waals surface area contributed by atoms with Crippen molar-refractivity contribution in [2.24, 2.45) is 4.99 Å². The van der Waals surface area contributed by atoms with Gasteiger partial charge in [-0.3, -0.25) is 9.89 Å². The molecule has 1 saturated carbocycles. The highest BCUT2D eigenvalue weighted by Gasteiger charge is 2.43. The molecule has 2 aliphatic rings. The van der Waals surface area contributed by atoms with Gasteiger partial charge in [-0.15, -0.1) is 0 Å². The largest absolute Gasteiger partial charge is 0.379 e. The molecule has 1 saturated heterocycles. The first-order chi connectivity index (χ1) is 11.8. The zero-order chi connectivity index (χ0) is 16.7. The second-order valence-electron chi connectivity index (χ2n) is 6.72. The van der Waals surface area contributed by atoms with Crippen LogP contribution in [0.3, 0.4) is 0 Å². The zero-order valence-corrected chi connectivity index (χ0v) is 14.8. The van der Waals surface area contributed by atoms with Crippen LogP contribution >= 0.6 is 0 Å². The summed E-state index contributed by atoms with van der Waals surface area (Å²) >= 11 is 0. The van der Waals surface area contributed by atoms with Crippen molar-refractivity contribution in [3.05, 3.63) is 35.9 Å². The number of nitrogens with one attached hydrogen (secondary N) is 2. The van der Waals surface area contributed by atoms with Crippen LogP contribution in [0, 0.1) is 0 Å². The van der Waals surface area contributed by atoms with Crippen LogP contribution in [0.25, 0.3) is 0 Å². The Morgan fingerprint density at radius 2 is 1.92 bits per heavy atom. The Morgan fingerprint density at radius 3 is 2.58 bits per heavy atom. The van der Waals surface area contributed by atoms with E-state index in [1.807, 2.05) is 0 Å². The molecule has 3 rings (SSSR count). The first-order valence-corrected chi connectivity index (χ1v) is 9.20. The fraction of sp³-hybridized carbons (Fsp3) is 0.632. The van der Waals surface area contributed by atoms with Crippen molar-refractivity contribution in [3.63, 3.8) is 0 Å². The lowest BCUT2D eigenvalue weighted by atomic mass is 9.96. The minimum absolute atomic E-state index is 0.272. The molecule has 0 aromatic heterocycles. The molecule has 5 heteroatoms. The standard InChI is InChI=1S/C19H30N4O/c1-2-20-18(21-10-11-23-12-14-24-15-13-23)22-16-19(8-9-19)17-6-4-3-5-7-17/h3-7H,2,8-16H2,1H3,(H2,20,21,22). The lowest BCUT2D eigenvalue weighted by Gasteiger charge is -2.26.